The maximum atomic E-state index is 13.9. The van der Waals surface area contributed by atoms with Crippen LogP contribution in [0.4, 0.5) is 10.1 Å². The minimum Gasteiger partial charge on any atom is -0.367 e. The van der Waals surface area contributed by atoms with Gasteiger partial charge in [-0.15, -0.1) is 0 Å². The van der Waals surface area contributed by atoms with E-state index in [1.165, 1.54) is 10.4 Å². The first-order valence-corrected chi connectivity index (χ1v) is 12.1. The van der Waals surface area contributed by atoms with Gasteiger partial charge in [0.05, 0.1) is 17.0 Å². The van der Waals surface area contributed by atoms with Gasteiger partial charge in [-0.1, -0.05) is 24.3 Å². The molecule has 1 N–H and O–H groups in total. The second-order valence-electron chi connectivity index (χ2n) is 6.74. The Morgan fingerprint density at radius 1 is 1.03 bits per heavy atom. The first-order chi connectivity index (χ1) is 13.9. The zero-order valence-electron chi connectivity index (χ0n) is 15.9. The van der Waals surface area contributed by atoms with Crippen LogP contribution in [0.1, 0.15) is 16.8 Å². The Bertz CT molecular complexity index is 963. The quantitative estimate of drug-likeness (QED) is 0.441. The molecule has 1 fully saturated rings. The maximum absolute atomic E-state index is 13.9. The number of nitrogens with one attached hydrogen (secondary N) is 1. The van der Waals surface area contributed by atoms with Crippen molar-refractivity contribution in [1.29, 1.82) is 0 Å². The molecule has 1 aliphatic rings. The Hall–Kier alpha value is -1.72. The number of halogens is 2. The molecule has 0 radical (unpaired) electrons. The van der Waals surface area contributed by atoms with E-state index in [0.717, 1.165) is 3.57 Å². The van der Waals surface area contributed by atoms with Crippen molar-refractivity contribution in [2.24, 2.45) is 0 Å². The summed E-state index contributed by atoms with van der Waals surface area (Å²) in [4.78, 5) is 14.0. The van der Waals surface area contributed by atoms with Crippen molar-refractivity contribution in [3.63, 3.8) is 0 Å². The monoisotopic (exact) mass is 531 g/mol. The Morgan fingerprint density at radius 3 is 2.38 bits per heavy atom. The topological polar surface area (TPSA) is 69.7 Å². The summed E-state index contributed by atoms with van der Waals surface area (Å²) in [6.45, 7) is 1.83. The number of amides is 1. The van der Waals surface area contributed by atoms with E-state index in [2.05, 4.69) is 27.9 Å². The Labute approximate surface area is 184 Å². The summed E-state index contributed by atoms with van der Waals surface area (Å²) >= 11 is 2.10. The first-order valence-electron chi connectivity index (χ1n) is 9.38. The standard InChI is InChI=1S/C20H23FIN3O3S/c21-17-7-2-4-9-19(17)24-11-13-25(14-12-24)29(27,28)15-5-10-23-20(26)16-6-1-3-8-18(16)22/h1-4,6-9H,5,10-15H2,(H,23,26). The molecule has 0 atom stereocenters. The number of rotatable bonds is 7. The molecule has 3 rings (SSSR count). The highest BCUT2D eigenvalue weighted by atomic mass is 127. The van der Waals surface area contributed by atoms with Gasteiger partial charge in [-0.05, 0) is 53.3 Å². The van der Waals surface area contributed by atoms with E-state index in [9.17, 15) is 17.6 Å². The summed E-state index contributed by atoms with van der Waals surface area (Å²) in [5, 5.41) is 2.77. The van der Waals surface area contributed by atoms with E-state index in [1.807, 2.05) is 17.0 Å². The van der Waals surface area contributed by atoms with Gasteiger partial charge in [-0.2, -0.15) is 4.31 Å². The van der Waals surface area contributed by atoms with Gasteiger partial charge in [0.15, 0.2) is 0 Å². The minimum atomic E-state index is -3.41. The number of anilines is 1. The molecule has 0 spiro atoms. The molecule has 1 amide bonds. The molecular weight excluding hydrogens is 508 g/mol. The van der Waals surface area contributed by atoms with Crippen molar-refractivity contribution in [3.05, 3.63) is 63.5 Å². The molecule has 1 saturated heterocycles. The highest BCUT2D eigenvalue weighted by Crippen LogP contribution is 2.21. The molecule has 6 nitrogen and oxygen atoms in total. The van der Waals surface area contributed by atoms with Crippen molar-refractivity contribution in [1.82, 2.24) is 9.62 Å². The molecule has 1 heterocycles. The number of carbonyl (C=O) groups excluding carboxylic acids is 1. The van der Waals surface area contributed by atoms with Crippen LogP contribution in [0, 0.1) is 9.39 Å². The molecule has 2 aromatic rings. The molecule has 0 unspecified atom stereocenters. The molecule has 0 aromatic heterocycles. The van der Waals surface area contributed by atoms with E-state index in [-0.39, 0.29) is 24.0 Å². The Balaban J connectivity index is 1.45. The average Bonchev–Trinajstić information content (AvgIpc) is 2.72. The summed E-state index contributed by atoms with van der Waals surface area (Å²) in [6, 6.07) is 13.8. The number of hydrogen-bond acceptors (Lipinski definition) is 4. The van der Waals surface area contributed by atoms with E-state index in [0.29, 0.717) is 43.9 Å². The van der Waals surface area contributed by atoms with Crippen LogP contribution in [0.25, 0.3) is 0 Å². The van der Waals surface area contributed by atoms with Crippen molar-refractivity contribution >= 4 is 44.2 Å². The van der Waals surface area contributed by atoms with Crippen LogP contribution in [-0.4, -0.2) is 57.1 Å². The van der Waals surface area contributed by atoms with Gasteiger partial charge in [0, 0.05) is 36.3 Å². The summed E-state index contributed by atoms with van der Waals surface area (Å²) in [5.74, 6) is -0.530. The average molecular weight is 531 g/mol. The zero-order valence-corrected chi connectivity index (χ0v) is 18.8. The van der Waals surface area contributed by atoms with Crippen LogP contribution in [0.3, 0.4) is 0 Å². The van der Waals surface area contributed by atoms with Crippen molar-refractivity contribution in [3.8, 4) is 0 Å². The zero-order chi connectivity index (χ0) is 20.9. The van der Waals surface area contributed by atoms with Crippen molar-refractivity contribution < 1.29 is 17.6 Å². The van der Waals surface area contributed by atoms with Crippen LogP contribution >= 0.6 is 22.6 Å². The van der Waals surface area contributed by atoms with Crippen molar-refractivity contribution in [2.75, 3.05) is 43.4 Å². The second-order valence-corrected chi connectivity index (χ2v) is 9.99. The van der Waals surface area contributed by atoms with Gasteiger partial charge in [-0.3, -0.25) is 4.79 Å². The fourth-order valence-corrected chi connectivity index (χ4v) is 5.36. The van der Waals surface area contributed by atoms with E-state index in [1.54, 1.807) is 30.3 Å². The highest BCUT2D eigenvalue weighted by molar-refractivity contribution is 14.1. The lowest BCUT2D eigenvalue weighted by atomic mass is 10.2. The smallest absolute Gasteiger partial charge is 0.252 e. The summed E-state index contributed by atoms with van der Waals surface area (Å²) in [7, 11) is -3.41. The molecular formula is C20H23FIN3O3S. The molecule has 0 aliphatic carbocycles. The predicted molar refractivity (Wildman–Crippen MR) is 120 cm³/mol. The van der Waals surface area contributed by atoms with Gasteiger partial charge >= 0.3 is 0 Å². The molecule has 0 bridgehead atoms. The normalized spacial score (nSPS) is 15.3. The molecule has 156 valence electrons. The Kier molecular flexibility index (Phi) is 7.47. The fraction of sp³-hybridized carbons (Fsp3) is 0.350. The highest BCUT2D eigenvalue weighted by Gasteiger charge is 2.27. The lowest BCUT2D eigenvalue weighted by molar-refractivity contribution is 0.0952. The number of nitrogens with zero attached hydrogens (tertiary/aromatic N) is 2. The van der Waals surface area contributed by atoms with Crippen LogP contribution in [0.5, 0.6) is 0 Å². The van der Waals surface area contributed by atoms with Gasteiger partial charge < -0.3 is 10.2 Å². The van der Waals surface area contributed by atoms with Crippen LogP contribution in [0.15, 0.2) is 48.5 Å². The maximum Gasteiger partial charge on any atom is 0.252 e. The lowest BCUT2D eigenvalue weighted by Gasteiger charge is -2.35. The summed E-state index contributed by atoms with van der Waals surface area (Å²) in [5.41, 5.74) is 1.09. The van der Waals surface area contributed by atoms with E-state index >= 15 is 0 Å². The largest absolute Gasteiger partial charge is 0.367 e. The lowest BCUT2D eigenvalue weighted by Crippen LogP contribution is -2.49. The number of carbonyl (C=O) groups is 1. The number of benzene rings is 2. The number of hydrogen-bond donors (Lipinski definition) is 1. The minimum absolute atomic E-state index is 0.0289. The molecule has 0 saturated carbocycles. The van der Waals surface area contributed by atoms with Gasteiger partial charge in [-0.25, -0.2) is 12.8 Å². The predicted octanol–water partition coefficient (Wildman–Crippen LogP) is 2.70. The Morgan fingerprint density at radius 2 is 1.69 bits per heavy atom. The third-order valence-electron chi connectivity index (χ3n) is 4.81. The molecule has 29 heavy (non-hydrogen) atoms. The van der Waals surface area contributed by atoms with E-state index < -0.39 is 10.0 Å². The fourth-order valence-electron chi connectivity index (χ4n) is 3.24. The second kappa shape index (κ2) is 9.86. The van der Waals surface area contributed by atoms with Crippen molar-refractivity contribution in [2.45, 2.75) is 6.42 Å². The van der Waals surface area contributed by atoms with Crippen LogP contribution in [0.2, 0.25) is 0 Å². The third kappa shape index (κ3) is 5.67. The molecule has 1 aliphatic heterocycles. The SMILES string of the molecule is O=C(NCCCS(=O)(=O)N1CCN(c2ccccc2F)CC1)c1ccccc1I. The first kappa shape index (κ1) is 22.0. The van der Waals surface area contributed by atoms with Crippen LogP contribution in [-0.2, 0) is 10.0 Å². The van der Waals surface area contributed by atoms with Crippen LogP contribution < -0.4 is 10.2 Å². The third-order valence-corrected chi connectivity index (χ3v) is 7.71. The summed E-state index contributed by atoms with van der Waals surface area (Å²) in [6.07, 6.45) is 0.338. The molecule has 9 heteroatoms. The van der Waals surface area contributed by atoms with Gasteiger partial charge in [0.2, 0.25) is 10.0 Å². The molecule has 2 aromatic carbocycles. The summed E-state index contributed by atoms with van der Waals surface area (Å²) < 4.78 is 41.4. The van der Waals surface area contributed by atoms with Gasteiger partial charge in [0.25, 0.3) is 5.91 Å². The number of piperazine rings is 1. The van der Waals surface area contributed by atoms with Gasteiger partial charge in [0.1, 0.15) is 5.82 Å². The van der Waals surface area contributed by atoms with E-state index in [4.69, 9.17) is 0 Å². The number of sulfonamides is 1. The number of para-hydroxylation sites is 1.